The summed E-state index contributed by atoms with van der Waals surface area (Å²) in [5.41, 5.74) is 0. The fourth-order valence-electron chi connectivity index (χ4n) is 3.92. The molecule has 0 atom stereocenters. The molecule has 0 saturated heterocycles. The molecular formula is C26H51NO4. The lowest BCUT2D eigenvalue weighted by Crippen LogP contribution is -2.30. The minimum absolute atomic E-state index is 0.199. The lowest BCUT2D eigenvalue weighted by molar-refractivity contribution is -0.141. The standard InChI is InChI=1S/C26H51NO4/c1-4-5-6-7-8-9-10-11-12-13-14-15-16-17-18-19-22-27(23-20-25(28)30-2)24-21-26(29)31-3/h4-24H2,1-3H3. The molecule has 0 saturated carbocycles. The molecule has 0 N–H and O–H groups in total. The molecule has 0 amide bonds. The molecule has 0 aliphatic carbocycles. The van der Waals surface area contributed by atoms with Crippen molar-refractivity contribution in [2.45, 2.75) is 122 Å². The number of ether oxygens (including phenoxy) is 2. The second-order valence-electron chi connectivity index (χ2n) is 8.80. The van der Waals surface area contributed by atoms with Crippen molar-refractivity contribution in [2.75, 3.05) is 33.9 Å². The zero-order valence-electron chi connectivity index (χ0n) is 20.9. The Bertz CT molecular complexity index is 394. The molecule has 31 heavy (non-hydrogen) atoms. The van der Waals surface area contributed by atoms with E-state index in [1.807, 2.05) is 0 Å². The summed E-state index contributed by atoms with van der Waals surface area (Å²) in [7, 11) is 2.83. The Hall–Kier alpha value is -1.10. The number of carbonyl (C=O) groups excluding carboxylic acids is 2. The topological polar surface area (TPSA) is 55.8 Å². The summed E-state index contributed by atoms with van der Waals surface area (Å²) in [6, 6.07) is 0. The maximum absolute atomic E-state index is 11.4. The van der Waals surface area contributed by atoms with Crippen LogP contribution in [0.1, 0.15) is 122 Å². The van der Waals surface area contributed by atoms with Crippen LogP contribution < -0.4 is 0 Å². The van der Waals surface area contributed by atoms with Crippen molar-refractivity contribution in [1.82, 2.24) is 4.90 Å². The average Bonchev–Trinajstić information content (AvgIpc) is 2.79. The van der Waals surface area contributed by atoms with Gasteiger partial charge in [-0.05, 0) is 13.0 Å². The molecule has 0 aromatic heterocycles. The fourth-order valence-corrected chi connectivity index (χ4v) is 3.92. The van der Waals surface area contributed by atoms with E-state index >= 15 is 0 Å². The molecule has 0 aliphatic rings. The lowest BCUT2D eigenvalue weighted by Gasteiger charge is -2.21. The third-order valence-corrected chi connectivity index (χ3v) is 6.05. The molecule has 0 radical (unpaired) electrons. The van der Waals surface area contributed by atoms with E-state index in [2.05, 4.69) is 11.8 Å². The van der Waals surface area contributed by atoms with Gasteiger partial charge in [0.05, 0.1) is 27.1 Å². The first-order chi connectivity index (χ1) is 15.1. The summed E-state index contributed by atoms with van der Waals surface area (Å²) in [5, 5.41) is 0. The zero-order chi connectivity index (χ0) is 23.0. The van der Waals surface area contributed by atoms with E-state index in [9.17, 15) is 9.59 Å². The first kappa shape index (κ1) is 29.9. The van der Waals surface area contributed by atoms with Crippen LogP contribution in [-0.2, 0) is 19.1 Å². The number of hydrogen-bond donors (Lipinski definition) is 0. The zero-order valence-corrected chi connectivity index (χ0v) is 20.9. The van der Waals surface area contributed by atoms with Gasteiger partial charge in [0.1, 0.15) is 0 Å². The lowest BCUT2D eigenvalue weighted by atomic mass is 10.0. The van der Waals surface area contributed by atoms with Crippen molar-refractivity contribution in [3.63, 3.8) is 0 Å². The third-order valence-electron chi connectivity index (χ3n) is 6.05. The maximum atomic E-state index is 11.4. The molecule has 0 bridgehead atoms. The first-order valence-electron chi connectivity index (χ1n) is 13.0. The average molecular weight is 442 g/mol. The predicted molar refractivity (Wildman–Crippen MR) is 129 cm³/mol. The molecule has 0 unspecified atom stereocenters. The fraction of sp³-hybridized carbons (Fsp3) is 0.923. The van der Waals surface area contributed by atoms with Gasteiger partial charge in [0, 0.05) is 13.1 Å². The molecule has 184 valence electrons. The van der Waals surface area contributed by atoms with Crippen LogP contribution in [-0.4, -0.2) is 50.7 Å². The summed E-state index contributed by atoms with van der Waals surface area (Å²) in [6.45, 7) is 4.48. The van der Waals surface area contributed by atoms with Crippen LogP contribution in [0.5, 0.6) is 0 Å². The summed E-state index contributed by atoms with van der Waals surface area (Å²) in [4.78, 5) is 25.0. The number of unbranched alkanes of at least 4 members (excludes halogenated alkanes) is 15. The largest absolute Gasteiger partial charge is 0.469 e. The number of carbonyl (C=O) groups is 2. The van der Waals surface area contributed by atoms with Crippen LogP contribution >= 0.6 is 0 Å². The van der Waals surface area contributed by atoms with E-state index in [0.29, 0.717) is 25.9 Å². The Morgan fingerprint density at radius 3 is 1.16 bits per heavy atom. The van der Waals surface area contributed by atoms with E-state index in [1.54, 1.807) is 0 Å². The van der Waals surface area contributed by atoms with Crippen LogP contribution in [0.25, 0.3) is 0 Å². The van der Waals surface area contributed by atoms with Gasteiger partial charge >= 0.3 is 11.9 Å². The van der Waals surface area contributed by atoms with Crippen molar-refractivity contribution in [3.8, 4) is 0 Å². The highest BCUT2D eigenvalue weighted by Crippen LogP contribution is 2.14. The van der Waals surface area contributed by atoms with E-state index in [1.165, 1.54) is 111 Å². The molecule has 0 aliphatic heterocycles. The third kappa shape index (κ3) is 21.9. The Morgan fingerprint density at radius 1 is 0.516 bits per heavy atom. The molecular weight excluding hydrogens is 390 g/mol. The van der Waals surface area contributed by atoms with Gasteiger partial charge < -0.3 is 14.4 Å². The van der Waals surface area contributed by atoms with Gasteiger partial charge in [-0.15, -0.1) is 0 Å². The van der Waals surface area contributed by atoms with Crippen molar-refractivity contribution in [3.05, 3.63) is 0 Å². The van der Waals surface area contributed by atoms with Crippen molar-refractivity contribution >= 4 is 11.9 Å². The number of hydrogen-bond acceptors (Lipinski definition) is 5. The Labute approximate surface area is 192 Å². The minimum Gasteiger partial charge on any atom is -0.469 e. The van der Waals surface area contributed by atoms with Gasteiger partial charge in [-0.2, -0.15) is 0 Å². The highest BCUT2D eigenvalue weighted by atomic mass is 16.5. The molecule has 5 nitrogen and oxygen atoms in total. The van der Waals surface area contributed by atoms with Gasteiger partial charge in [0.25, 0.3) is 0 Å². The van der Waals surface area contributed by atoms with Gasteiger partial charge in [0.15, 0.2) is 0 Å². The number of esters is 2. The van der Waals surface area contributed by atoms with E-state index in [-0.39, 0.29) is 11.9 Å². The number of methoxy groups -OCH3 is 2. The van der Waals surface area contributed by atoms with Gasteiger partial charge in [0.2, 0.25) is 0 Å². The highest BCUT2D eigenvalue weighted by Gasteiger charge is 2.11. The van der Waals surface area contributed by atoms with E-state index < -0.39 is 0 Å². The quantitative estimate of drug-likeness (QED) is 0.131. The van der Waals surface area contributed by atoms with Crippen molar-refractivity contribution < 1.29 is 19.1 Å². The predicted octanol–water partition coefficient (Wildman–Crippen LogP) is 6.68. The summed E-state index contributed by atoms with van der Waals surface area (Å²) in [6.07, 6.45) is 22.5. The Morgan fingerprint density at radius 2 is 0.839 bits per heavy atom. The SMILES string of the molecule is CCCCCCCCCCCCCCCCCCN(CCC(=O)OC)CCC(=O)OC. The van der Waals surface area contributed by atoms with Crippen LogP contribution in [0.4, 0.5) is 0 Å². The first-order valence-corrected chi connectivity index (χ1v) is 13.0. The number of nitrogens with zero attached hydrogens (tertiary/aromatic N) is 1. The van der Waals surface area contributed by atoms with Crippen LogP contribution in [0.15, 0.2) is 0 Å². The normalized spacial score (nSPS) is 11.1. The van der Waals surface area contributed by atoms with Gasteiger partial charge in [-0.1, -0.05) is 103 Å². The van der Waals surface area contributed by atoms with Gasteiger partial charge in [-0.3, -0.25) is 9.59 Å². The number of rotatable bonds is 23. The summed E-state index contributed by atoms with van der Waals surface area (Å²) < 4.78 is 9.45. The molecule has 0 rings (SSSR count). The smallest absolute Gasteiger partial charge is 0.306 e. The second kappa shape index (κ2) is 23.6. The van der Waals surface area contributed by atoms with Gasteiger partial charge in [-0.25, -0.2) is 0 Å². The molecule has 0 fully saturated rings. The maximum Gasteiger partial charge on any atom is 0.306 e. The Balaban J connectivity index is 3.56. The highest BCUT2D eigenvalue weighted by molar-refractivity contribution is 5.70. The van der Waals surface area contributed by atoms with E-state index in [4.69, 9.17) is 9.47 Å². The molecule has 0 heterocycles. The van der Waals surface area contributed by atoms with E-state index in [0.717, 1.165) is 13.0 Å². The monoisotopic (exact) mass is 441 g/mol. The second-order valence-corrected chi connectivity index (χ2v) is 8.80. The molecule has 0 aromatic rings. The summed E-state index contributed by atoms with van der Waals surface area (Å²) in [5.74, 6) is -0.398. The minimum atomic E-state index is -0.199. The van der Waals surface area contributed by atoms with Crippen LogP contribution in [0, 0.1) is 0 Å². The van der Waals surface area contributed by atoms with Crippen LogP contribution in [0.3, 0.4) is 0 Å². The summed E-state index contributed by atoms with van der Waals surface area (Å²) >= 11 is 0. The van der Waals surface area contributed by atoms with Crippen molar-refractivity contribution in [1.29, 1.82) is 0 Å². The van der Waals surface area contributed by atoms with Crippen molar-refractivity contribution in [2.24, 2.45) is 0 Å². The Kier molecular flexibility index (Phi) is 22.7. The molecule has 0 aromatic carbocycles. The molecule has 0 spiro atoms. The van der Waals surface area contributed by atoms with Crippen LogP contribution in [0.2, 0.25) is 0 Å². The molecule has 5 heteroatoms.